The molecular weight excluding hydrogens is 386 g/mol. The number of nitrogens with zero attached hydrogens (tertiary/aromatic N) is 1. The molecule has 2 amide bonds. The number of carbonyl (C=O) groups is 2. The smallest absolute Gasteiger partial charge is 0.293 e. The summed E-state index contributed by atoms with van der Waals surface area (Å²) in [7, 11) is 3.13. The van der Waals surface area contributed by atoms with E-state index in [1.807, 2.05) is 42.5 Å². The molecule has 0 N–H and O–H groups in total. The molecule has 0 unspecified atom stereocenters. The highest BCUT2D eigenvalue weighted by Gasteiger charge is 2.35. The van der Waals surface area contributed by atoms with Gasteiger partial charge in [-0.3, -0.25) is 14.5 Å². The van der Waals surface area contributed by atoms with E-state index in [0.29, 0.717) is 22.0 Å². The molecule has 1 aliphatic rings. The Morgan fingerprint density at radius 1 is 0.966 bits per heavy atom. The van der Waals surface area contributed by atoms with Crippen molar-refractivity contribution in [1.29, 1.82) is 0 Å². The first-order chi connectivity index (χ1) is 14.1. The van der Waals surface area contributed by atoms with E-state index in [2.05, 4.69) is 0 Å². The minimum Gasteiger partial charge on any atom is -0.497 e. The minimum absolute atomic E-state index is 0.235. The second-order valence-electron chi connectivity index (χ2n) is 6.51. The largest absolute Gasteiger partial charge is 0.497 e. The van der Waals surface area contributed by atoms with Gasteiger partial charge in [0.05, 0.1) is 25.7 Å². The number of benzene rings is 3. The number of hydrogen-bond acceptors (Lipinski definition) is 5. The van der Waals surface area contributed by atoms with Gasteiger partial charge in [0.25, 0.3) is 11.1 Å². The van der Waals surface area contributed by atoms with Gasteiger partial charge in [-0.25, -0.2) is 0 Å². The van der Waals surface area contributed by atoms with Gasteiger partial charge in [-0.05, 0) is 52.4 Å². The van der Waals surface area contributed by atoms with Crippen LogP contribution in [0.4, 0.5) is 4.79 Å². The Morgan fingerprint density at radius 2 is 1.76 bits per heavy atom. The zero-order valence-corrected chi connectivity index (χ0v) is 16.9. The SMILES string of the molecule is COc1ccc(OC)c(/C=C2\SC(=O)N(Cc3cccc4ccccc34)C2=O)c1. The Bertz CT molecular complexity index is 1130. The maximum atomic E-state index is 13.0. The highest BCUT2D eigenvalue weighted by Crippen LogP contribution is 2.36. The van der Waals surface area contributed by atoms with Gasteiger partial charge in [0, 0.05) is 5.56 Å². The van der Waals surface area contributed by atoms with Crippen LogP contribution in [0, 0.1) is 0 Å². The lowest BCUT2D eigenvalue weighted by Gasteiger charge is -2.14. The lowest BCUT2D eigenvalue weighted by molar-refractivity contribution is -0.123. The maximum absolute atomic E-state index is 13.0. The molecule has 1 aliphatic heterocycles. The second-order valence-corrected chi connectivity index (χ2v) is 7.51. The van der Waals surface area contributed by atoms with E-state index in [1.165, 1.54) is 4.90 Å². The highest BCUT2D eigenvalue weighted by molar-refractivity contribution is 8.18. The molecule has 0 bridgehead atoms. The van der Waals surface area contributed by atoms with Gasteiger partial charge < -0.3 is 9.47 Å². The van der Waals surface area contributed by atoms with Crippen molar-refractivity contribution in [1.82, 2.24) is 4.90 Å². The summed E-state index contributed by atoms with van der Waals surface area (Å²) in [4.78, 5) is 27.2. The third kappa shape index (κ3) is 3.71. The van der Waals surface area contributed by atoms with Crippen molar-refractivity contribution in [2.24, 2.45) is 0 Å². The Labute approximate surface area is 172 Å². The van der Waals surface area contributed by atoms with Crippen LogP contribution in [0.25, 0.3) is 16.8 Å². The summed E-state index contributed by atoms with van der Waals surface area (Å²) in [6.07, 6.45) is 1.68. The van der Waals surface area contributed by atoms with E-state index >= 15 is 0 Å². The molecule has 0 radical (unpaired) electrons. The molecule has 3 aromatic carbocycles. The van der Waals surface area contributed by atoms with Crippen LogP contribution in [-0.4, -0.2) is 30.3 Å². The molecule has 1 saturated heterocycles. The van der Waals surface area contributed by atoms with Crippen LogP contribution in [0.2, 0.25) is 0 Å². The fourth-order valence-electron chi connectivity index (χ4n) is 3.33. The van der Waals surface area contributed by atoms with Crippen LogP contribution in [0.3, 0.4) is 0 Å². The first kappa shape index (κ1) is 19.1. The topological polar surface area (TPSA) is 55.8 Å². The summed E-state index contributed by atoms with van der Waals surface area (Å²) in [6, 6.07) is 19.2. The van der Waals surface area contributed by atoms with Crippen molar-refractivity contribution in [3.63, 3.8) is 0 Å². The molecule has 4 rings (SSSR count). The normalized spacial score (nSPS) is 15.4. The Morgan fingerprint density at radius 3 is 2.55 bits per heavy atom. The fraction of sp³-hybridized carbons (Fsp3) is 0.130. The zero-order chi connectivity index (χ0) is 20.4. The molecule has 0 atom stereocenters. The molecule has 0 spiro atoms. The summed E-state index contributed by atoms with van der Waals surface area (Å²) in [6.45, 7) is 0.235. The standard InChI is InChI=1S/C23H19NO4S/c1-27-18-10-11-20(28-2)17(12-18)13-21-22(25)24(23(26)29-21)14-16-8-5-7-15-6-3-4-9-19(15)16/h3-13H,14H2,1-2H3/b21-13-. The molecule has 1 heterocycles. The van der Waals surface area contributed by atoms with E-state index in [-0.39, 0.29) is 17.7 Å². The molecule has 1 fully saturated rings. The van der Waals surface area contributed by atoms with Crippen molar-refractivity contribution in [3.05, 3.63) is 76.7 Å². The Kier molecular flexibility index (Phi) is 5.27. The van der Waals surface area contributed by atoms with Crippen LogP contribution in [0.5, 0.6) is 11.5 Å². The van der Waals surface area contributed by atoms with Gasteiger partial charge in [0.15, 0.2) is 0 Å². The van der Waals surface area contributed by atoms with Crippen molar-refractivity contribution < 1.29 is 19.1 Å². The second kappa shape index (κ2) is 8.01. The zero-order valence-electron chi connectivity index (χ0n) is 16.0. The molecule has 0 aliphatic carbocycles. The van der Waals surface area contributed by atoms with Crippen molar-refractivity contribution in [2.45, 2.75) is 6.54 Å². The van der Waals surface area contributed by atoms with E-state index < -0.39 is 0 Å². The maximum Gasteiger partial charge on any atom is 0.293 e. The Hall–Kier alpha value is -3.25. The summed E-state index contributed by atoms with van der Waals surface area (Å²) in [5.41, 5.74) is 1.62. The van der Waals surface area contributed by atoms with Crippen molar-refractivity contribution in [3.8, 4) is 11.5 Å². The molecule has 6 heteroatoms. The third-order valence-electron chi connectivity index (χ3n) is 4.81. The third-order valence-corrected chi connectivity index (χ3v) is 5.71. The number of methoxy groups -OCH3 is 2. The first-order valence-corrected chi connectivity index (χ1v) is 9.86. The molecular formula is C23H19NO4S. The van der Waals surface area contributed by atoms with Gasteiger partial charge in [-0.15, -0.1) is 0 Å². The molecule has 29 heavy (non-hydrogen) atoms. The summed E-state index contributed by atoms with van der Waals surface area (Å²) < 4.78 is 10.6. The summed E-state index contributed by atoms with van der Waals surface area (Å²) >= 11 is 0.936. The highest BCUT2D eigenvalue weighted by atomic mass is 32.2. The molecule has 146 valence electrons. The quantitative estimate of drug-likeness (QED) is 0.553. The molecule has 0 aromatic heterocycles. The number of thioether (sulfide) groups is 1. The van der Waals surface area contributed by atoms with Crippen LogP contribution < -0.4 is 9.47 Å². The molecule has 5 nitrogen and oxygen atoms in total. The van der Waals surface area contributed by atoms with Crippen LogP contribution in [-0.2, 0) is 11.3 Å². The lowest BCUT2D eigenvalue weighted by Crippen LogP contribution is -2.27. The number of amides is 2. The van der Waals surface area contributed by atoms with Gasteiger partial charge in [0.2, 0.25) is 0 Å². The van der Waals surface area contributed by atoms with Gasteiger partial charge in [-0.2, -0.15) is 0 Å². The number of imide groups is 1. The Balaban J connectivity index is 1.65. The first-order valence-electron chi connectivity index (χ1n) is 9.04. The minimum atomic E-state index is -0.308. The van der Waals surface area contributed by atoms with Crippen LogP contribution >= 0.6 is 11.8 Å². The molecule has 0 saturated carbocycles. The van der Waals surface area contributed by atoms with Crippen LogP contribution in [0.15, 0.2) is 65.6 Å². The number of carbonyl (C=O) groups excluding carboxylic acids is 2. The van der Waals surface area contributed by atoms with Crippen molar-refractivity contribution in [2.75, 3.05) is 14.2 Å². The summed E-state index contributed by atoms with van der Waals surface area (Å²) in [5, 5.41) is 1.83. The average molecular weight is 405 g/mol. The molecule has 3 aromatic rings. The van der Waals surface area contributed by atoms with E-state index in [0.717, 1.165) is 28.1 Å². The average Bonchev–Trinajstić information content (AvgIpc) is 3.01. The van der Waals surface area contributed by atoms with Gasteiger partial charge >= 0.3 is 0 Å². The fourth-order valence-corrected chi connectivity index (χ4v) is 4.16. The van der Waals surface area contributed by atoms with Crippen LogP contribution in [0.1, 0.15) is 11.1 Å². The van der Waals surface area contributed by atoms with Gasteiger partial charge in [0.1, 0.15) is 11.5 Å². The predicted octanol–water partition coefficient (Wildman–Crippen LogP) is 5.09. The number of fused-ring (bicyclic) bond motifs is 1. The number of hydrogen-bond donors (Lipinski definition) is 0. The number of rotatable bonds is 5. The van der Waals surface area contributed by atoms with E-state index in [1.54, 1.807) is 38.5 Å². The van der Waals surface area contributed by atoms with Gasteiger partial charge in [-0.1, -0.05) is 42.5 Å². The van der Waals surface area contributed by atoms with E-state index in [4.69, 9.17) is 9.47 Å². The number of ether oxygens (including phenoxy) is 2. The predicted molar refractivity (Wildman–Crippen MR) is 115 cm³/mol. The summed E-state index contributed by atoms with van der Waals surface area (Å²) in [5.74, 6) is 0.941. The van der Waals surface area contributed by atoms with E-state index in [9.17, 15) is 9.59 Å². The lowest BCUT2D eigenvalue weighted by atomic mass is 10.0. The van der Waals surface area contributed by atoms with Crippen molar-refractivity contribution >= 4 is 39.8 Å². The monoisotopic (exact) mass is 405 g/mol.